The van der Waals surface area contributed by atoms with Crippen LogP contribution in [0, 0.1) is 4.64 Å². The van der Waals surface area contributed by atoms with Gasteiger partial charge in [0.05, 0.1) is 5.04 Å². The Balaban J connectivity index is 2.97. The van der Waals surface area contributed by atoms with E-state index >= 15 is 0 Å². The van der Waals surface area contributed by atoms with E-state index in [9.17, 15) is 9.59 Å². The van der Waals surface area contributed by atoms with Gasteiger partial charge in [-0.25, -0.2) is 9.79 Å². The molecular weight excluding hydrogens is 312 g/mol. The topological polar surface area (TPSA) is 103 Å². The fourth-order valence-electron chi connectivity index (χ4n) is 1.62. The number of anilines is 1. The van der Waals surface area contributed by atoms with Crippen LogP contribution in [-0.2, 0) is 18.9 Å². The number of aliphatic carboxylic acids is 1. The molecule has 0 radical (unpaired) electrons. The summed E-state index contributed by atoms with van der Waals surface area (Å²) in [6.45, 7) is 1.78. The van der Waals surface area contributed by atoms with Crippen LogP contribution >= 0.6 is 24.0 Å². The van der Waals surface area contributed by atoms with Gasteiger partial charge in [0.25, 0.3) is 0 Å². The number of aliphatic imine (C=N–C) groups is 1. The van der Waals surface area contributed by atoms with Gasteiger partial charge in [0, 0.05) is 20.5 Å². The van der Waals surface area contributed by atoms with E-state index in [1.807, 2.05) is 0 Å². The number of carboxylic acids is 1. The Hall–Kier alpha value is -1.61. The van der Waals surface area contributed by atoms with Crippen LogP contribution in [0.2, 0.25) is 0 Å². The van der Waals surface area contributed by atoms with Gasteiger partial charge < -0.3 is 10.8 Å². The molecule has 0 aliphatic heterocycles. The van der Waals surface area contributed by atoms with Crippen molar-refractivity contribution in [3.8, 4) is 0 Å². The highest BCUT2D eigenvalue weighted by atomic mass is 32.2. The highest BCUT2D eigenvalue weighted by Crippen LogP contribution is 2.22. The molecule has 0 saturated carbocycles. The van der Waals surface area contributed by atoms with Crippen molar-refractivity contribution in [2.45, 2.75) is 19.8 Å². The maximum absolute atomic E-state index is 11.9. The number of hydrogen-bond donors (Lipinski definition) is 2. The molecule has 0 saturated heterocycles. The minimum atomic E-state index is -0.817. The number of aromatic nitrogens is 2. The van der Waals surface area contributed by atoms with Crippen LogP contribution in [-0.4, -0.2) is 31.0 Å². The molecule has 9 heteroatoms. The molecule has 0 spiro atoms. The molecular formula is C12H18N4O3S2. The van der Waals surface area contributed by atoms with Gasteiger partial charge in [-0.1, -0.05) is 12.2 Å². The van der Waals surface area contributed by atoms with E-state index in [2.05, 4.69) is 4.99 Å². The molecule has 0 atom stereocenters. The molecule has 0 unspecified atom stereocenters. The van der Waals surface area contributed by atoms with E-state index in [0.717, 1.165) is 0 Å². The van der Waals surface area contributed by atoms with Gasteiger partial charge in [0.2, 0.25) is 0 Å². The van der Waals surface area contributed by atoms with Crippen LogP contribution in [0.5, 0.6) is 0 Å². The number of nitrogens with two attached hydrogens (primary N) is 1. The lowest BCUT2D eigenvalue weighted by molar-refractivity contribution is -0.137. The molecule has 0 aliphatic carbocycles. The number of carbonyl (C=O) groups is 1. The Morgan fingerprint density at radius 3 is 2.62 bits per heavy atom. The van der Waals surface area contributed by atoms with Crippen molar-refractivity contribution in [3.63, 3.8) is 0 Å². The van der Waals surface area contributed by atoms with Gasteiger partial charge in [-0.2, -0.15) is 0 Å². The predicted molar refractivity (Wildman–Crippen MR) is 88.0 cm³/mol. The van der Waals surface area contributed by atoms with Gasteiger partial charge in [-0.05, 0) is 19.1 Å². The second-order valence-corrected chi connectivity index (χ2v) is 6.09. The number of rotatable bonds is 5. The van der Waals surface area contributed by atoms with Gasteiger partial charge >= 0.3 is 11.7 Å². The van der Waals surface area contributed by atoms with E-state index < -0.39 is 5.97 Å². The summed E-state index contributed by atoms with van der Waals surface area (Å²) in [7, 11) is 3.14. The van der Waals surface area contributed by atoms with Crippen molar-refractivity contribution in [1.29, 1.82) is 0 Å². The van der Waals surface area contributed by atoms with E-state index in [0.29, 0.717) is 23.0 Å². The molecule has 0 aromatic carbocycles. The summed E-state index contributed by atoms with van der Waals surface area (Å²) in [5.41, 5.74) is 5.90. The van der Waals surface area contributed by atoms with Gasteiger partial charge in [0.15, 0.2) is 5.82 Å². The smallest absolute Gasteiger partial charge is 0.330 e. The minimum Gasteiger partial charge on any atom is -0.481 e. The van der Waals surface area contributed by atoms with E-state index in [1.54, 1.807) is 21.0 Å². The largest absolute Gasteiger partial charge is 0.481 e. The van der Waals surface area contributed by atoms with Crippen LogP contribution in [0.3, 0.4) is 0 Å². The monoisotopic (exact) mass is 330 g/mol. The van der Waals surface area contributed by atoms with Gasteiger partial charge in [-0.15, -0.1) is 11.8 Å². The zero-order chi connectivity index (χ0) is 16.2. The zero-order valence-electron chi connectivity index (χ0n) is 12.1. The lowest BCUT2D eigenvalue weighted by Gasteiger charge is -2.11. The fraction of sp³-hybridized carbons (Fsp3) is 0.500. The molecule has 1 rings (SSSR count). The number of carboxylic acid groups (broad SMARTS) is 1. The van der Waals surface area contributed by atoms with Gasteiger partial charge in [-0.3, -0.25) is 13.9 Å². The third-order valence-electron chi connectivity index (χ3n) is 2.78. The van der Waals surface area contributed by atoms with E-state index in [1.165, 1.54) is 20.9 Å². The molecule has 0 bridgehead atoms. The summed E-state index contributed by atoms with van der Waals surface area (Å²) in [5, 5.41) is 9.27. The maximum atomic E-state index is 11.9. The lowest BCUT2D eigenvalue weighted by Crippen LogP contribution is -2.28. The molecule has 21 heavy (non-hydrogen) atoms. The Morgan fingerprint density at radius 1 is 1.43 bits per heavy atom. The molecule has 116 valence electrons. The quantitative estimate of drug-likeness (QED) is 0.368. The van der Waals surface area contributed by atoms with Gasteiger partial charge in [0.1, 0.15) is 10.3 Å². The molecule has 3 N–H and O–H groups in total. The van der Waals surface area contributed by atoms with Crippen LogP contribution in [0.1, 0.15) is 19.8 Å². The normalized spacial score (nSPS) is 11.7. The molecule has 7 nitrogen and oxygen atoms in total. The Labute approximate surface area is 131 Å². The predicted octanol–water partition coefficient (Wildman–Crippen LogP) is 1.68. The second kappa shape index (κ2) is 7.41. The standard InChI is InChI=1S/C12H18N4O3S2/c1-7(21-6-4-5-8(17)18)14-10-9(13)11(20)16(3)12(19)15(10)2/h4-6,13H2,1-3H3,(H,17,18)/b14-7+. The number of hydrogen-bond acceptors (Lipinski definition) is 6. The molecule has 1 aromatic heterocycles. The first-order valence-electron chi connectivity index (χ1n) is 6.21. The first-order chi connectivity index (χ1) is 9.75. The number of nitrogens with zero attached hydrogens (tertiary/aromatic N) is 3. The lowest BCUT2D eigenvalue weighted by atomic mass is 10.3. The van der Waals surface area contributed by atoms with Crippen molar-refractivity contribution >= 4 is 46.5 Å². The third-order valence-corrected chi connectivity index (χ3v) is 4.27. The second-order valence-electron chi connectivity index (χ2n) is 4.42. The summed E-state index contributed by atoms with van der Waals surface area (Å²) < 4.78 is 2.88. The Kier molecular flexibility index (Phi) is 6.16. The highest BCUT2D eigenvalue weighted by Gasteiger charge is 2.10. The first-order valence-corrected chi connectivity index (χ1v) is 7.60. The summed E-state index contributed by atoms with van der Waals surface area (Å²) in [5.74, 6) is 0.145. The van der Waals surface area contributed by atoms with Crippen molar-refractivity contribution in [2.75, 3.05) is 11.5 Å². The fourth-order valence-corrected chi connectivity index (χ4v) is 2.52. The zero-order valence-corrected chi connectivity index (χ0v) is 13.8. The average molecular weight is 330 g/mol. The minimum absolute atomic E-state index is 0.123. The van der Waals surface area contributed by atoms with Crippen LogP contribution in [0.25, 0.3) is 0 Å². The summed E-state index contributed by atoms with van der Waals surface area (Å²) in [4.78, 5) is 26.7. The van der Waals surface area contributed by atoms with Crippen LogP contribution in [0.15, 0.2) is 9.79 Å². The SMILES string of the molecule is C/C(=N\c1c(N)c(=S)n(C)c(=O)n1C)SCCCC(=O)O. The summed E-state index contributed by atoms with van der Waals surface area (Å²) in [6.07, 6.45) is 0.676. The number of thioether (sulfide) groups is 1. The Morgan fingerprint density at radius 2 is 2.05 bits per heavy atom. The molecule has 0 aliphatic rings. The summed E-state index contributed by atoms with van der Waals surface area (Å²) >= 11 is 6.52. The van der Waals surface area contributed by atoms with Crippen molar-refractivity contribution in [3.05, 3.63) is 15.1 Å². The average Bonchev–Trinajstić information content (AvgIpc) is 2.44. The van der Waals surface area contributed by atoms with Crippen molar-refractivity contribution in [2.24, 2.45) is 19.1 Å². The molecule has 0 fully saturated rings. The number of nitrogen functional groups attached to an aromatic ring is 1. The highest BCUT2D eigenvalue weighted by molar-refractivity contribution is 8.13. The van der Waals surface area contributed by atoms with E-state index in [4.69, 9.17) is 23.1 Å². The third kappa shape index (κ3) is 4.43. The van der Waals surface area contributed by atoms with Crippen molar-refractivity contribution < 1.29 is 9.90 Å². The van der Waals surface area contributed by atoms with Crippen LogP contribution in [0.4, 0.5) is 11.5 Å². The molecule has 1 aromatic rings. The van der Waals surface area contributed by atoms with Crippen LogP contribution < -0.4 is 11.4 Å². The Bertz CT molecular complexity index is 654. The summed E-state index contributed by atoms with van der Waals surface area (Å²) in [6, 6.07) is 0. The molecule has 1 heterocycles. The van der Waals surface area contributed by atoms with Crippen molar-refractivity contribution in [1.82, 2.24) is 9.13 Å². The molecule has 0 amide bonds. The maximum Gasteiger partial charge on any atom is 0.330 e. The first kappa shape index (κ1) is 17.4. The van der Waals surface area contributed by atoms with E-state index in [-0.39, 0.29) is 22.4 Å².